The summed E-state index contributed by atoms with van der Waals surface area (Å²) in [5.41, 5.74) is 3.51. The third-order valence-electron chi connectivity index (χ3n) is 5.27. The number of fused-ring (bicyclic) bond motifs is 1. The van der Waals surface area contributed by atoms with Crippen molar-refractivity contribution in [1.29, 1.82) is 0 Å². The molecule has 4 nitrogen and oxygen atoms in total. The van der Waals surface area contributed by atoms with Gasteiger partial charge >= 0.3 is 0 Å². The first kappa shape index (κ1) is 15.5. The van der Waals surface area contributed by atoms with Gasteiger partial charge in [0.05, 0.1) is 12.3 Å². The van der Waals surface area contributed by atoms with Crippen LogP contribution < -0.4 is 5.32 Å². The zero-order valence-corrected chi connectivity index (χ0v) is 14.0. The van der Waals surface area contributed by atoms with Crippen molar-refractivity contribution in [2.75, 3.05) is 19.6 Å². The molecule has 1 aliphatic heterocycles. The van der Waals surface area contributed by atoms with Crippen LogP contribution in [-0.4, -0.2) is 30.4 Å². The molecule has 2 aromatic rings. The van der Waals surface area contributed by atoms with Crippen LogP contribution in [0.5, 0.6) is 0 Å². The zero-order valence-electron chi connectivity index (χ0n) is 14.0. The lowest BCUT2D eigenvalue weighted by Crippen LogP contribution is -2.36. The molecule has 126 valence electrons. The minimum Gasteiger partial charge on any atom is -0.468 e. The van der Waals surface area contributed by atoms with Crippen molar-refractivity contribution in [3.05, 3.63) is 59.0 Å². The molecule has 0 bridgehead atoms. The Hall–Kier alpha value is -2.07. The molecule has 1 amide bonds. The molecule has 1 unspecified atom stereocenters. The maximum atomic E-state index is 12.6. The first-order valence-corrected chi connectivity index (χ1v) is 8.99. The van der Waals surface area contributed by atoms with Crippen molar-refractivity contribution in [2.24, 2.45) is 0 Å². The van der Waals surface area contributed by atoms with E-state index in [1.807, 2.05) is 18.2 Å². The van der Waals surface area contributed by atoms with Crippen LogP contribution in [-0.2, 0) is 12.8 Å². The topological polar surface area (TPSA) is 45.5 Å². The predicted molar refractivity (Wildman–Crippen MR) is 93.1 cm³/mol. The molecule has 1 aromatic carbocycles. The van der Waals surface area contributed by atoms with Crippen LogP contribution in [0.3, 0.4) is 0 Å². The van der Waals surface area contributed by atoms with E-state index in [9.17, 15) is 4.79 Å². The predicted octanol–water partition coefficient (Wildman–Crippen LogP) is 3.34. The van der Waals surface area contributed by atoms with Crippen molar-refractivity contribution < 1.29 is 9.21 Å². The summed E-state index contributed by atoms with van der Waals surface area (Å²) in [6.07, 6.45) is 7.59. The Morgan fingerprint density at radius 3 is 2.75 bits per heavy atom. The Labute approximate surface area is 142 Å². The van der Waals surface area contributed by atoms with Gasteiger partial charge in [0, 0.05) is 12.1 Å². The maximum absolute atomic E-state index is 12.6. The number of amides is 1. The van der Waals surface area contributed by atoms with Gasteiger partial charge in [-0.25, -0.2) is 0 Å². The van der Waals surface area contributed by atoms with Gasteiger partial charge in [0.15, 0.2) is 0 Å². The SMILES string of the molecule is O=C(NCC(c1ccco1)N1CCCC1)c1ccc2c(c1)CCC2. The highest BCUT2D eigenvalue weighted by atomic mass is 16.3. The average molecular weight is 324 g/mol. The summed E-state index contributed by atoms with van der Waals surface area (Å²) < 4.78 is 5.61. The van der Waals surface area contributed by atoms with Gasteiger partial charge in [-0.3, -0.25) is 9.69 Å². The Kier molecular flexibility index (Phi) is 4.39. The van der Waals surface area contributed by atoms with Gasteiger partial charge in [-0.1, -0.05) is 6.07 Å². The molecule has 1 atom stereocenters. The number of hydrogen-bond donors (Lipinski definition) is 1. The standard InChI is InChI=1S/C20H24N2O2/c23-20(17-9-8-15-5-3-6-16(15)13-17)21-14-18(19-7-4-12-24-19)22-10-1-2-11-22/h4,7-9,12-13,18H,1-3,5-6,10-11,14H2,(H,21,23). The van der Waals surface area contributed by atoms with E-state index in [-0.39, 0.29) is 11.9 Å². The zero-order chi connectivity index (χ0) is 16.4. The maximum Gasteiger partial charge on any atom is 0.251 e. The van der Waals surface area contributed by atoms with Crippen LogP contribution in [0, 0.1) is 0 Å². The minimum absolute atomic E-state index is 0.0143. The fraction of sp³-hybridized carbons (Fsp3) is 0.450. The smallest absolute Gasteiger partial charge is 0.251 e. The second-order valence-corrected chi connectivity index (χ2v) is 6.82. The van der Waals surface area contributed by atoms with Crippen molar-refractivity contribution in [3.63, 3.8) is 0 Å². The molecule has 1 aliphatic carbocycles. The number of likely N-dealkylation sites (tertiary alicyclic amines) is 1. The quantitative estimate of drug-likeness (QED) is 0.917. The molecule has 4 rings (SSSR count). The van der Waals surface area contributed by atoms with Gasteiger partial charge in [0.25, 0.3) is 5.91 Å². The number of benzene rings is 1. The third-order valence-corrected chi connectivity index (χ3v) is 5.27. The second-order valence-electron chi connectivity index (χ2n) is 6.82. The van der Waals surface area contributed by atoms with Crippen LogP contribution in [0.25, 0.3) is 0 Å². The van der Waals surface area contributed by atoms with Crippen molar-refractivity contribution in [1.82, 2.24) is 10.2 Å². The number of carbonyl (C=O) groups excluding carboxylic acids is 1. The number of nitrogens with zero attached hydrogens (tertiary/aromatic N) is 1. The monoisotopic (exact) mass is 324 g/mol. The third kappa shape index (κ3) is 3.11. The highest BCUT2D eigenvalue weighted by Gasteiger charge is 2.26. The van der Waals surface area contributed by atoms with E-state index in [2.05, 4.69) is 22.3 Å². The normalized spacial score (nSPS) is 18.5. The molecule has 2 heterocycles. The van der Waals surface area contributed by atoms with Crippen molar-refractivity contribution in [2.45, 2.75) is 38.1 Å². The van der Waals surface area contributed by atoms with Gasteiger partial charge in [-0.05, 0) is 80.6 Å². The number of hydrogen-bond acceptors (Lipinski definition) is 3. The Balaban J connectivity index is 1.44. The summed E-state index contributed by atoms with van der Waals surface area (Å²) >= 11 is 0. The molecule has 0 spiro atoms. The fourth-order valence-corrected chi connectivity index (χ4v) is 3.95. The highest BCUT2D eigenvalue weighted by molar-refractivity contribution is 5.94. The van der Waals surface area contributed by atoms with Crippen LogP contribution in [0.1, 0.15) is 52.5 Å². The average Bonchev–Trinajstić information content (AvgIpc) is 3.36. The highest BCUT2D eigenvalue weighted by Crippen LogP contribution is 2.25. The number of nitrogens with one attached hydrogen (secondary N) is 1. The molecule has 24 heavy (non-hydrogen) atoms. The lowest BCUT2D eigenvalue weighted by atomic mass is 10.1. The van der Waals surface area contributed by atoms with E-state index < -0.39 is 0 Å². The molecule has 0 saturated carbocycles. The summed E-state index contributed by atoms with van der Waals surface area (Å²) in [5, 5.41) is 3.11. The number of furan rings is 1. The summed E-state index contributed by atoms with van der Waals surface area (Å²) in [6.45, 7) is 2.73. The van der Waals surface area contributed by atoms with Gasteiger partial charge in [-0.2, -0.15) is 0 Å². The molecule has 1 fully saturated rings. The lowest BCUT2D eigenvalue weighted by molar-refractivity contribution is 0.0933. The van der Waals surface area contributed by atoms with Gasteiger partial charge in [0.1, 0.15) is 5.76 Å². The first-order valence-electron chi connectivity index (χ1n) is 8.99. The molecule has 1 aromatic heterocycles. The molecule has 4 heteroatoms. The number of carbonyl (C=O) groups is 1. The lowest BCUT2D eigenvalue weighted by Gasteiger charge is -2.26. The summed E-state index contributed by atoms with van der Waals surface area (Å²) in [6, 6.07) is 10.2. The van der Waals surface area contributed by atoms with E-state index in [0.717, 1.165) is 37.3 Å². The molecular weight excluding hydrogens is 300 g/mol. The molecule has 1 saturated heterocycles. The molecular formula is C20H24N2O2. The van der Waals surface area contributed by atoms with E-state index in [1.165, 1.54) is 30.4 Å². The van der Waals surface area contributed by atoms with Gasteiger partial charge < -0.3 is 9.73 Å². The van der Waals surface area contributed by atoms with E-state index >= 15 is 0 Å². The summed E-state index contributed by atoms with van der Waals surface area (Å²) in [7, 11) is 0. The van der Waals surface area contributed by atoms with Gasteiger partial charge in [-0.15, -0.1) is 0 Å². The van der Waals surface area contributed by atoms with Crippen LogP contribution >= 0.6 is 0 Å². The van der Waals surface area contributed by atoms with Crippen LogP contribution in [0.2, 0.25) is 0 Å². The Bertz CT molecular complexity index is 702. The van der Waals surface area contributed by atoms with Crippen LogP contribution in [0.15, 0.2) is 41.0 Å². The summed E-state index contributed by atoms with van der Waals surface area (Å²) in [4.78, 5) is 15.0. The van der Waals surface area contributed by atoms with E-state index in [0.29, 0.717) is 6.54 Å². The van der Waals surface area contributed by atoms with Gasteiger partial charge in [0.2, 0.25) is 0 Å². The van der Waals surface area contributed by atoms with Crippen molar-refractivity contribution >= 4 is 5.91 Å². The minimum atomic E-state index is 0.0143. The second kappa shape index (κ2) is 6.81. The largest absolute Gasteiger partial charge is 0.468 e. The summed E-state index contributed by atoms with van der Waals surface area (Å²) in [5.74, 6) is 0.951. The fourth-order valence-electron chi connectivity index (χ4n) is 3.95. The number of aryl methyl sites for hydroxylation is 2. The number of rotatable bonds is 5. The Morgan fingerprint density at radius 1 is 1.12 bits per heavy atom. The van der Waals surface area contributed by atoms with E-state index in [4.69, 9.17) is 4.42 Å². The Morgan fingerprint density at radius 2 is 1.96 bits per heavy atom. The molecule has 0 radical (unpaired) electrons. The van der Waals surface area contributed by atoms with E-state index in [1.54, 1.807) is 6.26 Å². The van der Waals surface area contributed by atoms with Crippen molar-refractivity contribution in [3.8, 4) is 0 Å². The molecule has 1 N–H and O–H groups in total. The first-order chi connectivity index (χ1) is 11.8. The molecule has 2 aliphatic rings. The van der Waals surface area contributed by atoms with Crippen LogP contribution in [0.4, 0.5) is 0 Å².